The molecule has 0 fully saturated rings. The normalized spacial score (nSPS) is 13.3. The highest BCUT2D eigenvalue weighted by atomic mass is 16.1. The molecule has 0 bridgehead atoms. The van der Waals surface area contributed by atoms with E-state index >= 15 is 0 Å². The van der Waals surface area contributed by atoms with Crippen LogP contribution >= 0.6 is 0 Å². The van der Waals surface area contributed by atoms with Gasteiger partial charge in [0.05, 0.1) is 12.2 Å². The predicted molar refractivity (Wildman–Crippen MR) is 110 cm³/mol. The smallest absolute Gasteiger partial charge is 0.253 e. The van der Waals surface area contributed by atoms with Crippen molar-refractivity contribution in [3.05, 3.63) is 81.5 Å². The first-order valence-electron chi connectivity index (χ1n) is 9.50. The van der Waals surface area contributed by atoms with Crippen LogP contribution < -0.4 is 10.9 Å². The molecule has 0 spiro atoms. The highest BCUT2D eigenvalue weighted by Gasteiger charge is 2.20. The molecule has 0 radical (unpaired) electrons. The molecule has 0 unspecified atom stereocenters. The summed E-state index contributed by atoms with van der Waals surface area (Å²) in [6, 6.07) is 12.0. The summed E-state index contributed by atoms with van der Waals surface area (Å²) >= 11 is 0. The Balaban J connectivity index is 1.76. The third-order valence-corrected chi connectivity index (χ3v) is 5.27. The van der Waals surface area contributed by atoms with E-state index in [9.17, 15) is 9.59 Å². The van der Waals surface area contributed by atoms with Crippen molar-refractivity contribution in [2.75, 3.05) is 5.32 Å². The van der Waals surface area contributed by atoms with Crippen molar-refractivity contribution in [1.82, 2.24) is 9.55 Å². The molecule has 5 nitrogen and oxygen atoms in total. The lowest BCUT2D eigenvalue weighted by Crippen LogP contribution is -2.19. The third-order valence-electron chi connectivity index (χ3n) is 5.27. The number of aryl methyl sites for hydroxylation is 3. The molecule has 1 aliphatic rings. The number of nitrogens with zero attached hydrogens (tertiary/aromatic N) is 2. The number of aromatic nitrogens is 2. The number of fused-ring (bicyclic) bond motifs is 1. The number of rotatable bonds is 4. The van der Waals surface area contributed by atoms with Crippen molar-refractivity contribution >= 4 is 11.5 Å². The first-order chi connectivity index (χ1) is 13.5. The van der Waals surface area contributed by atoms with Gasteiger partial charge >= 0.3 is 0 Å². The number of hydrogen-bond donors (Lipinski definition) is 1. The SMILES string of the molecule is Cc1cc(-c2cc3c(c(NCc4ccccn4)c2)CC(=O)CC3)cn(C)c1=O. The molecule has 5 heteroatoms. The highest BCUT2D eigenvalue weighted by molar-refractivity contribution is 5.86. The Bertz CT molecular complexity index is 1070. The molecule has 1 N–H and O–H groups in total. The van der Waals surface area contributed by atoms with Crippen LogP contribution in [0.5, 0.6) is 0 Å². The fourth-order valence-electron chi connectivity index (χ4n) is 3.77. The van der Waals surface area contributed by atoms with E-state index in [1.54, 1.807) is 17.8 Å². The van der Waals surface area contributed by atoms with Gasteiger partial charge in [0.25, 0.3) is 5.56 Å². The molecular weight excluding hydrogens is 350 g/mol. The van der Waals surface area contributed by atoms with Gasteiger partial charge in [-0.15, -0.1) is 0 Å². The largest absolute Gasteiger partial charge is 0.379 e. The Morgan fingerprint density at radius 3 is 2.71 bits per heavy atom. The van der Waals surface area contributed by atoms with Crippen LogP contribution in [-0.4, -0.2) is 15.3 Å². The minimum absolute atomic E-state index is 0.0146. The van der Waals surface area contributed by atoms with E-state index in [4.69, 9.17) is 0 Å². The quantitative estimate of drug-likeness (QED) is 0.761. The lowest BCUT2D eigenvalue weighted by molar-refractivity contribution is -0.118. The fraction of sp³-hybridized carbons (Fsp3) is 0.261. The van der Waals surface area contributed by atoms with Crippen molar-refractivity contribution in [1.29, 1.82) is 0 Å². The van der Waals surface area contributed by atoms with Gasteiger partial charge in [-0.25, -0.2) is 0 Å². The molecule has 142 valence electrons. The summed E-state index contributed by atoms with van der Waals surface area (Å²) in [6.45, 7) is 2.43. The van der Waals surface area contributed by atoms with Crippen LogP contribution in [0.15, 0.2) is 53.6 Å². The minimum atomic E-state index is 0.0146. The molecule has 1 aromatic carbocycles. The van der Waals surface area contributed by atoms with Gasteiger partial charge in [-0.3, -0.25) is 14.6 Å². The van der Waals surface area contributed by atoms with Crippen LogP contribution in [0.2, 0.25) is 0 Å². The maximum absolute atomic E-state index is 12.1. The Morgan fingerprint density at radius 2 is 1.96 bits per heavy atom. The van der Waals surface area contributed by atoms with E-state index in [0.717, 1.165) is 40.1 Å². The zero-order chi connectivity index (χ0) is 19.7. The van der Waals surface area contributed by atoms with E-state index in [-0.39, 0.29) is 11.3 Å². The molecular formula is C23H23N3O2. The van der Waals surface area contributed by atoms with Gasteiger partial charge in [-0.1, -0.05) is 12.1 Å². The second-order valence-corrected chi connectivity index (χ2v) is 7.38. The Hall–Kier alpha value is -3.21. The van der Waals surface area contributed by atoms with E-state index in [0.29, 0.717) is 19.4 Å². The van der Waals surface area contributed by atoms with Crippen LogP contribution in [0.4, 0.5) is 5.69 Å². The Kier molecular flexibility index (Phi) is 4.82. The molecule has 0 amide bonds. The van der Waals surface area contributed by atoms with Crippen LogP contribution in [-0.2, 0) is 31.2 Å². The van der Waals surface area contributed by atoms with E-state index in [1.165, 1.54) is 5.56 Å². The average molecular weight is 373 g/mol. The van der Waals surface area contributed by atoms with E-state index in [2.05, 4.69) is 22.4 Å². The molecule has 0 atom stereocenters. The number of benzene rings is 1. The summed E-state index contributed by atoms with van der Waals surface area (Å²) in [5, 5.41) is 3.48. The van der Waals surface area contributed by atoms with E-state index < -0.39 is 0 Å². The molecule has 28 heavy (non-hydrogen) atoms. The van der Waals surface area contributed by atoms with Crippen molar-refractivity contribution < 1.29 is 4.79 Å². The first-order valence-corrected chi connectivity index (χ1v) is 9.50. The first kappa shape index (κ1) is 18.2. The second kappa shape index (κ2) is 7.43. The number of pyridine rings is 2. The molecule has 3 aromatic rings. The summed E-state index contributed by atoms with van der Waals surface area (Å²) in [7, 11) is 1.77. The number of nitrogens with one attached hydrogen (secondary N) is 1. The number of Topliss-reactive ketones (excluding diaryl/α,β-unsaturated/α-hetero) is 1. The Morgan fingerprint density at radius 1 is 1.11 bits per heavy atom. The van der Waals surface area contributed by atoms with Crippen LogP contribution in [0.1, 0.15) is 28.8 Å². The molecule has 1 aliphatic carbocycles. The van der Waals surface area contributed by atoms with Gasteiger partial charge in [0, 0.05) is 43.5 Å². The standard InChI is InChI=1S/C23H23N3O2/c1-15-9-18(14-26(2)23(15)28)17-10-16-6-7-20(27)12-21(16)22(11-17)25-13-19-5-3-4-8-24-19/h3-5,8-11,14,25H,6-7,12-13H2,1-2H3. The van der Waals surface area contributed by atoms with Crippen LogP contribution in [0, 0.1) is 6.92 Å². The van der Waals surface area contributed by atoms with Crippen LogP contribution in [0.3, 0.4) is 0 Å². The molecule has 0 saturated heterocycles. The van der Waals surface area contributed by atoms with Gasteiger partial charge < -0.3 is 9.88 Å². The summed E-state index contributed by atoms with van der Waals surface area (Å²) < 4.78 is 1.62. The molecule has 0 saturated carbocycles. The van der Waals surface area contributed by atoms with E-state index in [1.807, 2.05) is 37.4 Å². The summed E-state index contributed by atoms with van der Waals surface area (Å²) in [5.41, 5.74) is 6.98. The van der Waals surface area contributed by atoms with Crippen LogP contribution in [0.25, 0.3) is 11.1 Å². The van der Waals surface area contributed by atoms with Crippen molar-refractivity contribution in [3.8, 4) is 11.1 Å². The number of anilines is 1. The van der Waals surface area contributed by atoms with Crippen molar-refractivity contribution in [2.24, 2.45) is 7.05 Å². The minimum Gasteiger partial charge on any atom is -0.379 e. The fourth-order valence-corrected chi connectivity index (χ4v) is 3.77. The number of ketones is 1. The van der Waals surface area contributed by atoms with Crippen molar-refractivity contribution in [2.45, 2.75) is 32.7 Å². The topological polar surface area (TPSA) is 64.0 Å². The Labute approximate surface area is 164 Å². The molecule has 0 aliphatic heterocycles. The molecule has 2 heterocycles. The number of hydrogen-bond acceptors (Lipinski definition) is 4. The average Bonchev–Trinajstić information content (AvgIpc) is 2.70. The van der Waals surface area contributed by atoms with Gasteiger partial charge in [0.15, 0.2) is 0 Å². The number of carbonyl (C=O) groups excluding carboxylic acids is 1. The lowest BCUT2D eigenvalue weighted by Gasteiger charge is -2.22. The van der Waals surface area contributed by atoms with Gasteiger partial charge in [-0.05, 0) is 59.9 Å². The maximum atomic E-state index is 12.1. The zero-order valence-corrected chi connectivity index (χ0v) is 16.2. The molecule has 2 aromatic heterocycles. The summed E-state index contributed by atoms with van der Waals surface area (Å²) in [5.74, 6) is 0.277. The lowest BCUT2D eigenvalue weighted by atomic mass is 9.87. The summed E-state index contributed by atoms with van der Waals surface area (Å²) in [6.07, 6.45) is 5.45. The highest BCUT2D eigenvalue weighted by Crippen LogP contribution is 2.33. The molecule has 4 rings (SSSR count). The monoisotopic (exact) mass is 373 g/mol. The maximum Gasteiger partial charge on any atom is 0.253 e. The predicted octanol–water partition coefficient (Wildman–Crippen LogP) is 3.43. The zero-order valence-electron chi connectivity index (χ0n) is 16.2. The third kappa shape index (κ3) is 3.60. The summed E-state index contributed by atoms with van der Waals surface area (Å²) in [4.78, 5) is 28.5. The number of carbonyl (C=O) groups is 1. The van der Waals surface area contributed by atoms with Gasteiger partial charge in [0.1, 0.15) is 5.78 Å². The second-order valence-electron chi connectivity index (χ2n) is 7.38. The van der Waals surface area contributed by atoms with Gasteiger partial charge in [-0.2, -0.15) is 0 Å². The van der Waals surface area contributed by atoms with Crippen molar-refractivity contribution in [3.63, 3.8) is 0 Å². The van der Waals surface area contributed by atoms with Gasteiger partial charge in [0.2, 0.25) is 0 Å².